The molecule has 0 saturated carbocycles. The zero-order valence-electron chi connectivity index (χ0n) is 9.90. The largest absolute Gasteiger partial charge is 0.295 e. The molecule has 1 aromatic rings. The van der Waals surface area contributed by atoms with Crippen LogP contribution in [0.5, 0.6) is 0 Å². The summed E-state index contributed by atoms with van der Waals surface area (Å²) in [6, 6.07) is 7.40. The molecule has 0 amide bonds. The molecule has 0 unspecified atom stereocenters. The smallest absolute Gasteiger partial charge is 0.159 e. The van der Waals surface area contributed by atoms with Crippen molar-refractivity contribution in [2.45, 2.75) is 20.8 Å². The van der Waals surface area contributed by atoms with Gasteiger partial charge in [0.2, 0.25) is 0 Å². The summed E-state index contributed by atoms with van der Waals surface area (Å²) in [6.07, 6.45) is 1.72. The van der Waals surface area contributed by atoms with Gasteiger partial charge in [-0.15, -0.1) is 0 Å². The first-order valence-corrected chi connectivity index (χ1v) is 5.41. The highest BCUT2D eigenvalue weighted by atomic mass is 16.1. The van der Waals surface area contributed by atoms with Gasteiger partial charge in [0, 0.05) is 5.56 Å². The van der Waals surface area contributed by atoms with Gasteiger partial charge in [-0.2, -0.15) is 0 Å². The molecule has 1 aliphatic heterocycles. The molecule has 1 aliphatic rings. The van der Waals surface area contributed by atoms with E-state index in [4.69, 9.17) is 0 Å². The lowest BCUT2D eigenvalue weighted by atomic mass is 10.1. The summed E-state index contributed by atoms with van der Waals surface area (Å²) in [5, 5.41) is 1.82. The lowest BCUT2D eigenvalue weighted by Crippen LogP contribution is -2.30. The van der Waals surface area contributed by atoms with Crippen LogP contribution in [0.15, 0.2) is 29.3 Å². The summed E-state index contributed by atoms with van der Waals surface area (Å²) < 4.78 is 0. The number of benzene rings is 1. The van der Waals surface area contributed by atoms with Gasteiger partial charge in [0.1, 0.15) is 13.0 Å². The van der Waals surface area contributed by atoms with E-state index < -0.39 is 0 Å². The number of nitrogens with one attached hydrogen (secondary N) is 1. The third kappa shape index (κ3) is 2.90. The van der Waals surface area contributed by atoms with Crippen LogP contribution in [-0.2, 0) is 0 Å². The van der Waals surface area contributed by atoms with Gasteiger partial charge in [-0.25, -0.2) is 5.43 Å². The molecule has 2 rings (SSSR count). The molecule has 4 heteroatoms. The van der Waals surface area contributed by atoms with Gasteiger partial charge >= 0.3 is 0 Å². The minimum Gasteiger partial charge on any atom is -0.295 e. The molecule has 0 saturated heterocycles. The van der Waals surface area contributed by atoms with E-state index in [0.717, 1.165) is 11.3 Å². The van der Waals surface area contributed by atoms with Gasteiger partial charge < -0.3 is 0 Å². The van der Waals surface area contributed by atoms with Gasteiger partial charge in [-0.05, 0) is 31.2 Å². The Morgan fingerprint density at radius 1 is 1.31 bits per heavy atom. The zero-order valence-corrected chi connectivity index (χ0v) is 9.90. The van der Waals surface area contributed by atoms with Gasteiger partial charge in [0.25, 0.3) is 0 Å². The van der Waals surface area contributed by atoms with E-state index in [1.165, 1.54) is 0 Å². The molecule has 0 aromatic heterocycles. The Kier molecular flexibility index (Phi) is 4.66. The summed E-state index contributed by atoms with van der Waals surface area (Å²) in [5.74, 6) is 0.0830. The highest BCUT2D eigenvalue weighted by Crippen LogP contribution is 2.13. The van der Waals surface area contributed by atoms with E-state index in [1.54, 1.807) is 13.3 Å². The number of aliphatic imine (C=N–C) groups is 1. The molecule has 0 radical (unpaired) electrons. The molecule has 0 spiro atoms. The van der Waals surface area contributed by atoms with E-state index in [9.17, 15) is 4.79 Å². The molecule has 0 aliphatic carbocycles. The first kappa shape index (κ1) is 12.4. The SMILES string of the molecule is CC.CC(=O)c1ccc(N2C=NCN2)cc1. The number of nitrogens with zero attached hydrogens (tertiary/aromatic N) is 2. The van der Waals surface area contributed by atoms with E-state index >= 15 is 0 Å². The van der Waals surface area contributed by atoms with Crippen molar-refractivity contribution in [2.75, 3.05) is 11.7 Å². The predicted molar refractivity (Wildman–Crippen MR) is 66.8 cm³/mol. The number of ketones is 1. The molecular weight excluding hydrogens is 202 g/mol. The highest BCUT2D eigenvalue weighted by Gasteiger charge is 2.07. The Morgan fingerprint density at radius 3 is 2.38 bits per heavy atom. The van der Waals surface area contributed by atoms with Crippen molar-refractivity contribution < 1.29 is 4.79 Å². The van der Waals surface area contributed by atoms with Crippen LogP contribution in [0, 0.1) is 0 Å². The molecule has 4 nitrogen and oxygen atoms in total. The van der Waals surface area contributed by atoms with Crippen molar-refractivity contribution >= 4 is 17.8 Å². The van der Waals surface area contributed by atoms with Crippen molar-refractivity contribution in [3.05, 3.63) is 29.8 Å². The second-order valence-electron chi connectivity index (χ2n) is 3.09. The number of rotatable bonds is 2. The fourth-order valence-corrected chi connectivity index (χ4v) is 1.29. The molecule has 1 aromatic carbocycles. The standard InChI is InChI=1S/C10H11N3O.C2H6/c1-8(14)9-2-4-10(5-3-9)13-7-11-6-12-13;1-2/h2-5,7,12H,6H2,1H3;1-2H3. The van der Waals surface area contributed by atoms with Crippen LogP contribution >= 0.6 is 0 Å². The number of hydrogen-bond donors (Lipinski definition) is 1. The topological polar surface area (TPSA) is 44.7 Å². The first-order valence-electron chi connectivity index (χ1n) is 5.41. The summed E-state index contributed by atoms with van der Waals surface area (Å²) in [6.45, 7) is 6.17. The fraction of sp³-hybridized carbons (Fsp3) is 0.333. The number of hydrogen-bond acceptors (Lipinski definition) is 4. The minimum atomic E-state index is 0.0830. The molecule has 16 heavy (non-hydrogen) atoms. The second kappa shape index (κ2) is 6.02. The van der Waals surface area contributed by atoms with E-state index in [2.05, 4.69) is 10.4 Å². The van der Waals surface area contributed by atoms with Crippen LogP contribution in [0.3, 0.4) is 0 Å². The summed E-state index contributed by atoms with van der Waals surface area (Å²) in [4.78, 5) is 15.0. The third-order valence-corrected chi connectivity index (χ3v) is 2.08. The predicted octanol–water partition coefficient (Wildman–Crippen LogP) is 2.23. The summed E-state index contributed by atoms with van der Waals surface area (Å²) >= 11 is 0. The van der Waals surface area contributed by atoms with E-state index in [1.807, 2.05) is 43.1 Å². The van der Waals surface area contributed by atoms with E-state index in [0.29, 0.717) is 6.67 Å². The van der Waals surface area contributed by atoms with Crippen LogP contribution in [0.1, 0.15) is 31.1 Å². The van der Waals surface area contributed by atoms with Gasteiger partial charge in [-0.1, -0.05) is 13.8 Å². The number of carbonyl (C=O) groups excluding carboxylic acids is 1. The van der Waals surface area contributed by atoms with Crippen LogP contribution in [-0.4, -0.2) is 18.8 Å². The molecule has 1 N–H and O–H groups in total. The van der Waals surface area contributed by atoms with Crippen molar-refractivity contribution in [3.8, 4) is 0 Å². The van der Waals surface area contributed by atoms with Crippen LogP contribution in [0.25, 0.3) is 0 Å². The molecule has 86 valence electrons. The molecule has 0 atom stereocenters. The molecule has 0 bridgehead atoms. The lowest BCUT2D eigenvalue weighted by Gasteiger charge is -2.13. The summed E-state index contributed by atoms with van der Waals surface area (Å²) in [5.41, 5.74) is 4.76. The van der Waals surface area contributed by atoms with E-state index in [-0.39, 0.29) is 5.78 Å². The zero-order chi connectivity index (χ0) is 12.0. The van der Waals surface area contributed by atoms with Crippen LogP contribution in [0.2, 0.25) is 0 Å². The lowest BCUT2D eigenvalue weighted by molar-refractivity contribution is 0.101. The maximum absolute atomic E-state index is 11.0. The number of Topliss-reactive ketones (excluding diaryl/α,β-unsaturated/α-hetero) is 1. The van der Waals surface area contributed by atoms with Crippen molar-refractivity contribution in [1.82, 2.24) is 5.43 Å². The van der Waals surface area contributed by atoms with Gasteiger partial charge in [-0.3, -0.25) is 14.8 Å². The Labute approximate surface area is 96.0 Å². The molecular formula is C12H17N3O. The van der Waals surface area contributed by atoms with Crippen LogP contribution < -0.4 is 10.4 Å². The van der Waals surface area contributed by atoms with Crippen molar-refractivity contribution in [2.24, 2.45) is 4.99 Å². The summed E-state index contributed by atoms with van der Waals surface area (Å²) in [7, 11) is 0. The highest BCUT2D eigenvalue weighted by molar-refractivity contribution is 5.94. The van der Waals surface area contributed by atoms with Gasteiger partial charge in [0.05, 0.1) is 5.69 Å². The van der Waals surface area contributed by atoms with Crippen LogP contribution in [0.4, 0.5) is 5.69 Å². The number of anilines is 1. The third-order valence-electron chi connectivity index (χ3n) is 2.08. The Hall–Kier alpha value is -1.68. The Morgan fingerprint density at radius 2 is 1.94 bits per heavy atom. The quantitative estimate of drug-likeness (QED) is 0.776. The minimum absolute atomic E-state index is 0.0830. The normalized spacial score (nSPS) is 13.3. The maximum Gasteiger partial charge on any atom is 0.159 e. The first-order chi connectivity index (χ1) is 7.77. The monoisotopic (exact) mass is 219 g/mol. The van der Waals surface area contributed by atoms with Crippen molar-refractivity contribution in [3.63, 3.8) is 0 Å². The van der Waals surface area contributed by atoms with Crippen molar-refractivity contribution in [1.29, 1.82) is 0 Å². The Bertz CT molecular complexity index is 370. The Balaban J connectivity index is 0.000000606. The average molecular weight is 219 g/mol. The second-order valence-corrected chi connectivity index (χ2v) is 3.09. The van der Waals surface area contributed by atoms with Gasteiger partial charge in [0.15, 0.2) is 5.78 Å². The maximum atomic E-state index is 11.0. The number of carbonyl (C=O) groups is 1. The molecule has 0 fully saturated rings. The number of hydrazine groups is 1. The molecule has 1 heterocycles. The average Bonchev–Trinajstić information content (AvgIpc) is 2.85. The fourth-order valence-electron chi connectivity index (χ4n) is 1.29.